The van der Waals surface area contributed by atoms with E-state index in [1.54, 1.807) is 6.92 Å². The van der Waals surface area contributed by atoms with Crippen LogP contribution in [-0.4, -0.2) is 29.1 Å². The van der Waals surface area contributed by atoms with E-state index in [0.717, 1.165) is 12.1 Å². The Labute approximate surface area is 184 Å². The van der Waals surface area contributed by atoms with Crippen molar-refractivity contribution in [1.29, 1.82) is 0 Å². The molecule has 0 atom stereocenters. The molecule has 1 aliphatic rings. The molecule has 0 amide bonds. The Balaban J connectivity index is 2.00. The van der Waals surface area contributed by atoms with Gasteiger partial charge in [0.15, 0.2) is 0 Å². The van der Waals surface area contributed by atoms with E-state index in [2.05, 4.69) is 4.72 Å². The molecular formula is C19H20ClF3N2O4S2. The maximum Gasteiger partial charge on any atom is 0.416 e. The molecule has 31 heavy (non-hydrogen) atoms. The lowest BCUT2D eigenvalue weighted by Gasteiger charge is -2.30. The van der Waals surface area contributed by atoms with Crippen LogP contribution in [-0.2, 0) is 26.2 Å². The van der Waals surface area contributed by atoms with E-state index >= 15 is 0 Å². The van der Waals surface area contributed by atoms with Gasteiger partial charge in [-0.15, -0.1) is 0 Å². The minimum atomic E-state index is -4.67. The highest BCUT2D eigenvalue weighted by atomic mass is 35.5. The van der Waals surface area contributed by atoms with Gasteiger partial charge >= 0.3 is 6.18 Å². The van der Waals surface area contributed by atoms with E-state index in [1.165, 1.54) is 23.4 Å². The molecule has 1 fully saturated rings. The largest absolute Gasteiger partial charge is 0.416 e. The molecule has 1 N–H and O–H groups in total. The second kappa shape index (κ2) is 8.18. The number of sulfonamides is 2. The first-order valence-electron chi connectivity index (χ1n) is 9.23. The average molecular weight is 497 g/mol. The molecule has 1 saturated heterocycles. The molecule has 12 heteroatoms. The zero-order valence-corrected chi connectivity index (χ0v) is 19.0. The van der Waals surface area contributed by atoms with Gasteiger partial charge in [-0.1, -0.05) is 11.6 Å². The first-order valence-corrected chi connectivity index (χ1v) is 12.7. The van der Waals surface area contributed by atoms with E-state index < -0.39 is 37.5 Å². The molecule has 1 aliphatic heterocycles. The Bertz CT molecular complexity index is 1230. The van der Waals surface area contributed by atoms with E-state index in [4.69, 9.17) is 11.6 Å². The topological polar surface area (TPSA) is 83.6 Å². The van der Waals surface area contributed by atoms with Gasteiger partial charge in [0.1, 0.15) is 0 Å². The summed E-state index contributed by atoms with van der Waals surface area (Å²) in [5.41, 5.74) is -0.416. The van der Waals surface area contributed by atoms with Crippen molar-refractivity contribution in [3.63, 3.8) is 0 Å². The Morgan fingerprint density at radius 3 is 2.35 bits per heavy atom. The van der Waals surface area contributed by atoms with Crippen molar-refractivity contribution in [2.75, 3.05) is 21.3 Å². The van der Waals surface area contributed by atoms with E-state index in [1.807, 2.05) is 0 Å². The molecule has 2 aromatic rings. The van der Waals surface area contributed by atoms with Crippen molar-refractivity contribution in [1.82, 2.24) is 0 Å². The summed E-state index contributed by atoms with van der Waals surface area (Å²) in [6.45, 7) is 3.36. The molecule has 1 heterocycles. The number of halogens is 4. The minimum Gasteiger partial charge on any atom is -0.278 e. The van der Waals surface area contributed by atoms with Gasteiger partial charge in [0.05, 0.1) is 32.6 Å². The molecule has 0 unspecified atom stereocenters. The van der Waals surface area contributed by atoms with Crippen molar-refractivity contribution in [2.24, 2.45) is 0 Å². The van der Waals surface area contributed by atoms with Gasteiger partial charge in [-0.25, -0.2) is 16.8 Å². The highest BCUT2D eigenvalue weighted by molar-refractivity contribution is 7.93. The fourth-order valence-electron chi connectivity index (χ4n) is 3.37. The highest BCUT2D eigenvalue weighted by Gasteiger charge is 2.32. The second-order valence-electron chi connectivity index (χ2n) is 7.30. The highest BCUT2D eigenvalue weighted by Crippen LogP contribution is 2.36. The number of rotatable bonds is 4. The van der Waals surface area contributed by atoms with Gasteiger partial charge in [-0.2, -0.15) is 13.2 Å². The molecule has 2 aromatic carbocycles. The van der Waals surface area contributed by atoms with Crippen molar-refractivity contribution in [2.45, 2.75) is 37.8 Å². The van der Waals surface area contributed by atoms with Crippen LogP contribution in [0.1, 0.15) is 29.5 Å². The summed E-state index contributed by atoms with van der Waals surface area (Å²) in [5, 5.41) is -0.193. The smallest absolute Gasteiger partial charge is 0.278 e. The van der Waals surface area contributed by atoms with Crippen LogP contribution in [0.25, 0.3) is 0 Å². The lowest BCUT2D eigenvalue weighted by atomic mass is 10.1. The van der Waals surface area contributed by atoms with Crippen molar-refractivity contribution in [3.8, 4) is 0 Å². The maximum absolute atomic E-state index is 13.0. The molecule has 0 spiro atoms. The third-order valence-electron chi connectivity index (χ3n) is 4.94. The molecule has 0 aromatic heterocycles. The zero-order chi connectivity index (χ0) is 23.2. The zero-order valence-electron chi connectivity index (χ0n) is 16.6. The maximum atomic E-state index is 13.0. The van der Waals surface area contributed by atoms with Crippen LogP contribution in [0.15, 0.2) is 35.2 Å². The number of hydrogen-bond donors (Lipinski definition) is 1. The summed E-state index contributed by atoms with van der Waals surface area (Å²) in [4.78, 5) is -0.184. The van der Waals surface area contributed by atoms with E-state index in [-0.39, 0.29) is 21.2 Å². The monoisotopic (exact) mass is 496 g/mol. The van der Waals surface area contributed by atoms with Crippen LogP contribution < -0.4 is 9.03 Å². The minimum absolute atomic E-state index is 0.0150. The first kappa shape index (κ1) is 23.7. The van der Waals surface area contributed by atoms with Crippen LogP contribution in [0.4, 0.5) is 24.5 Å². The molecule has 3 rings (SSSR count). The normalized spacial score (nSPS) is 16.9. The number of alkyl halides is 3. The molecule has 6 nitrogen and oxygen atoms in total. The summed E-state index contributed by atoms with van der Waals surface area (Å²) in [5.74, 6) is 0.0150. The van der Waals surface area contributed by atoms with E-state index in [0.29, 0.717) is 36.7 Å². The predicted molar refractivity (Wildman–Crippen MR) is 114 cm³/mol. The third-order valence-corrected chi connectivity index (χ3v) is 8.63. The molecule has 170 valence electrons. The molecule has 0 saturated carbocycles. The summed E-state index contributed by atoms with van der Waals surface area (Å²) >= 11 is 5.90. The first-order chi connectivity index (χ1) is 14.2. The lowest BCUT2D eigenvalue weighted by Crippen LogP contribution is -2.38. The van der Waals surface area contributed by atoms with Crippen molar-refractivity contribution >= 4 is 43.0 Å². The number of aryl methyl sites for hydroxylation is 2. The van der Waals surface area contributed by atoms with Crippen LogP contribution in [0.2, 0.25) is 5.02 Å². The summed E-state index contributed by atoms with van der Waals surface area (Å²) in [6, 6.07) is 5.10. The fraction of sp³-hybridized carbons (Fsp3) is 0.368. The number of benzene rings is 2. The molecule has 0 radical (unpaired) electrons. The Kier molecular flexibility index (Phi) is 6.25. The van der Waals surface area contributed by atoms with Crippen LogP contribution in [0.5, 0.6) is 0 Å². The number of hydrogen-bond acceptors (Lipinski definition) is 4. The van der Waals surface area contributed by atoms with Crippen LogP contribution in [0, 0.1) is 13.8 Å². The number of anilines is 2. The molecule has 0 aliphatic carbocycles. The van der Waals surface area contributed by atoms with E-state index in [9.17, 15) is 30.0 Å². The van der Waals surface area contributed by atoms with Gasteiger partial charge in [-0.05, 0) is 68.1 Å². The van der Waals surface area contributed by atoms with Crippen molar-refractivity contribution < 1.29 is 30.0 Å². The average Bonchev–Trinajstić information content (AvgIpc) is 2.64. The van der Waals surface area contributed by atoms with Gasteiger partial charge in [-0.3, -0.25) is 9.03 Å². The van der Waals surface area contributed by atoms with Crippen molar-refractivity contribution in [3.05, 3.63) is 52.0 Å². The van der Waals surface area contributed by atoms with Gasteiger partial charge in [0.2, 0.25) is 10.0 Å². The third kappa shape index (κ3) is 4.93. The second-order valence-corrected chi connectivity index (χ2v) is 11.4. The Morgan fingerprint density at radius 1 is 1.06 bits per heavy atom. The summed E-state index contributed by atoms with van der Waals surface area (Å²) in [7, 11) is -7.79. The Morgan fingerprint density at radius 2 is 1.74 bits per heavy atom. The predicted octanol–water partition coefficient (Wildman–Crippen LogP) is 4.71. The SMILES string of the molecule is Cc1cc(S(=O)(=O)Nc2cc(C(F)(F)F)ccc2Cl)c(C)cc1N1CCCCS1(=O)=O. The van der Waals surface area contributed by atoms with Crippen LogP contribution >= 0.6 is 11.6 Å². The van der Waals surface area contributed by atoms with Gasteiger partial charge in [0.25, 0.3) is 10.0 Å². The van der Waals surface area contributed by atoms with Gasteiger partial charge < -0.3 is 0 Å². The number of nitrogens with one attached hydrogen (secondary N) is 1. The molecular weight excluding hydrogens is 477 g/mol. The fourth-order valence-corrected chi connectivity index (χ4v) is 6.67. The molecule has 0 bridgehead atoms. The summed E-state index contributed by atoms with van der Waals surface area (Å²) in [6.07, 6.45) is -3.42. The summed E-state index contributed by atoms with van der Waals surface area (Å²) < 4.78 is 93.0. The number of nitrogens with zero attached hydrogens (tertiary/aromatic N) is 1. The standard InChI is InChI=1S/C19H20ClF3N2O4S2/c1-12-10-18(13(2)9-17(12)25-7-3-4-8-30(25,26)27)31(28,29)24-16-11-14(19(21,22)23)5-6-15(16)20/h5-6,9-11,24H,3-4,7-8H2,1-2H3. The quantitative estimate of drug-likeness (QED) is 0.664. The van der Waals surface area contributed by atoms with Crippen LogP contribution in [0.3, 0.4) is 0 Å². The lowest BCUT2D eigenvalue weighted by molar-refractivity contribution is -0.137. The van der Waals surface area contributed by atoms with Gasteiger partial charge in [0, 0.05) is 6.54 Å². The Hall–Kier alpha value is -1.98.